The van der Waals surface area contributed by atoms with Gasteiger partial charge in [-0.2, -0.15) is 0 Å². The van der Waals surface area contributed by atoms with Gasteiger partial charge in [0.25, 0.3) is 5.56 Å². The number of benzene rings is 1. The van der Waals surface area contributed by atoms with E-state index in [-0.39, 0.29) is 27.1 Å². The first-order valence-electron chi connectivity index (χ1n) is 6.12. The zero-order valence-corrected chi connectivity index (χ0v) is 12.5. The molecule has 0 radical (unpaired) electrons. The summed E-state index contributed by atoms with van der Waals surface area (Å²) in [5.41, 5.74) is 0.0147. The summed E-state index contributed by atoms with van der Waals surface area (Å²) in [5.74, 6) is 0.240. The Morgan fingerprint density at radius 2 is 2.05 bits per heavy atom. The van der Waals surface area contributed by atoms with Crippen LogP contribution in [0.15, 0.2) is 49.5 Å². The van der Waals surface area contributed by atoms with Crippen molar-refractivity contribution in [3.8, 4) is 0 Å². The van der Waals surface area contributed by atoms with Crippen LogP contribution in [0.2, 0.25) is 5.02 Å². The van der Waals surface area contributed by atoms with Gasteiger partial charge in [-0.15, -0.1) is 0 Å². The number of H-pyrrole nitrogens is 2. The summed E-state index contributed by atoms with van der Waals surface area (Å²) < 4.78 is 5.52. The van der Waals surface area contributed by atoms with Gasteiger partial charge in [0.2, 0.25) is 5.43 Å². The van der Waals surface area contributed by atoms with Crippen LogP contribution < -0.4 is 11.0 Å². The van der Waals surface area contributed by atoms with Crippen molar-refractivity contribution in [2.45, 2.75) is 0 Å². The molecule has 6 nitrogen and oxygen atoms in total. The predicted octanol–water partition coefficient (Wildman–Crippen LogP) is 2.94. The van der Waals surface area contributed by atoms with Gasteiger partial charge in [-0.25, -0.2) is 4.99 Å². The van der Waals surface area contributed by atoms with Crippen molar-refractivity contribution in [2.24, 2.45) is 4.99 Å². The molecule has 3 rings (SSSR count). The second kappa shape index (κ2) is 5.70. The lowest BCUT2D eigenvalue weighted by atomic mass is 10.2. The monoisotopic (exact) mass is 333 g/mol. The van der Waals surface area contributed by atoms with Crippen molar-refractivity contribution in [1.82, 2.24) is 9.97 Å². The van der Waals surface area contributed by atoms with Crippen LogP contribution in [0.1, 0.15) is 5.56 Å². The van der Waals surface area contributed by atoms with E-state index in [1.54, 1.807) is 18.2 Å². The van der Waals surface area contributed by atoms with Gasteiger partial charge in [0.1, 0.15) is 17.7 Å². The fourth-order valence-corrected chi connectivity index (χ4v) is 2.24. The Morgan fingerprint density at radius 3 is 2.82 bits per heavy atom. The maximum atomic E-state index is 12.3. The van der Waals surface area contributed by atoms with E-state index in [2.05, 4.69) is 15.0 Å². The Balaban J connectivity index is 2.07. The second-order valence-corrected chi connectivity index (χ2v) is 5.24. The van der Waals surface area contributed by atoms with Gasteiger partial charge in [0.15, 0.2) is 4.77 Å². The number of hydrogen-bond donors (Lipinski definition) is 2. The van der Waals surface area contributed by atoms with E-state index in [0.717, 1.165) is 0 Å². The third-order valence-corrected chi connectivity index (χ3v) is 3.29. The number of rotatable bonds is 2. The van der Waals surface area contributed by atoms with Gasteiger partial charge in [-0.1, -0.05) is 11.6 Å². The lowest BCUT2D eigenvalue weighted by Gasteiger charge is -1.99. The molecule has 0 spiro atoms. The molecule has 0 saturated carbocycles. The third kappa shape index (κ3) is 2.90. The minimum Gasteiger partial charge on any atom is -0.463 e. The first kappa shape index (κ1) is 14.4. The van der Waals surface area contributed by atoms with Gasteiger partial charge in [-0.3, -0.25) is 14.6 Å². The summed E-state index contributed by atoms with van der Waals surface area (Å²) in [4.78, 5) is 32.7. The topological polar surface area (TPSA) is 91.2 Å². The molecule has 8 heteroatoms. The number of nitrogens with zero attached hydrogens (tertiary/aromatic N) is 1. The number of fused-ring (bicyclic) bond motifs is 1. The molecule has 110 valence electrons. The zero-order chi connectivity index (χ0) is 15.7. The smallest absolute Gasteiger partial charge is 0.253 e. The lowest BCUT2D eigenvalue weighted by molar-refractivity contribution is 0.601. The molecule has 0 bridgehead atoms. The van der Waals surface area contributed by atoms with E-state index < -0.39 is 0 Å². The highest BCUT2D eigenvalue weighted by Gasteiger charge is 2.05. The van der Waals surface area contributed by atoms with E-state index in [9.17, 15) is 9.59 Å². The van der Waals surface area contributed by atoms with E-state index >= 15 is 0 Å². The van der Waals surface area contributed by atoms with Gasteiger partial charge < -0.3 is 9.40 Å². The van der Waals surface area contributed by atoms with E-state index in [0.29, 0.717) is 16.0 Å². The van der Waals surface area contributed by atoms with Crippen LogP contribution >= 0.6 is 23.8 Å². The summed E-state index contributed by atoms with van der Waals surface area (Å²) in [6, 6.07) is 5.99. The second-order valence-electron chi connectivity index (χ2n) is 4.39. The quantitative estimate of drug-likeness (QED) is 0.557. The molecule has 1 aromatic carbocycles. The fourth-order valence-electron chi connectivity index (χ4n) is 1.87. The molecule has 2 aromatic heterocycles. The number of aromatic amines is 2. The average molecular weight is 334 g/mol. The highest BCUT2D eigenvalue weighted by Crippen LogP contribution is 2.17. The molecular formula is C14H8ClN3O3S. The summed E-state index contributed by atoms with van der Waals surface area (Å²) in [6.07, 6.45) is 2.59. The minimum atomic E-state index is -0.379. The molecule has 0 fully saturated rings. The predicted molar refractivity (Wildman–Crippen MR) is 87.0 cm³/mol. The van der Waals surface area contributed by atoms with Crippen molar-refractivity contribution in [3.63, 3.8) is 0 Å². The molecule has 0 amide bonds. The molecule has 3 aromatic rings. The normalized spacial score (nSPS) is 11.3. The van der Waals surface area contributed by atoms with Crippen molar-refractivity contribution >= 4 is 46.8 Å². The maximum Gasteiger partial charge on any atom is 0.253 e. The molecule has 0 unspecified atom stereocenters. The minimum absolute atomic E-state index is 0.153. The van der Waals surface area contributed by atoms with Crippen LogP contribution in [0.4, 0.5) is 5.82 Å². The highest BCUT2D eigenvalue weighted by atomic mass is 35.5. The number of nitrogens with one attached hydrogen (secondary N) is 2. The number of aromatic nitrogens is 2. The van der Waals surface area contributed by atoms with E-state index in [1.165, 1.54) is 18.5 Å². The van der Waals surface area contributed by atoms with Crippen molar-refractivity contribution < 1.29 is 4.42 Å². The Bertz CT molecular complexity index is 1040. The van der Waals surface area contributed by atoms with Gasteiger partial charge >= 0.3 is 0 Å². The molecule has 0 aliphatic heterocycles. The molecule has 0 aliphatic carbocycles. The van der Waals surface area contributed by atoms with Crippen LogP contribution in [0, 0.1) is 4.77 Å². The van der Waals surface area contributed by atoms with Gasteiger partial charge in [-0.05, 0) is 24.4 Å². The van der Waals surface area contributed by atoms with Gasteiger partial charge in [0, 0.05) is 23.4 Å². The third-order valence-electron chi connectivity index (χ3n) is 2.85. The summed E-state index contributed by atoms with van der Waals surface area (Å²) in [7, 11) is 0. The Labute approximate surface area is 133 Å². The van der Waals surface area contributed by atoms with E-state index in [1.807, 2.05) is 0 Å². The largest absolute Gasteiger partial charge is 0.463 e. The zero-order valence-electron chi connectivity index (χ0n) is 10.9. The van der Waals surface area contributed by atoms with E-state index in [4.69, 9.17) is 28.2 Å². The summed E-state index contributed by atoms with van der Waals surface area (Å²) in [5, 5.41) is 0.875. The average Bonchev–Trinajstić information content (AvgIpc) is 2.45. The Morgan fingerprint density at radius 1 is 1.23 bits per heavy atom. The molecule has 22 heavy (non-hydrogen) atoms. The summed E-state index contributed by atoms with van der Waals surface area (Å²) in [6.45, 7) is 0. The van der Waals surface area contributed by atoms with Crippen LogP contribution in [0.5, 0.6) is 0 Å². The first-order chi connectivity index (χ1) is 10.5. The molecule has 2 heterocycles. The van der Waals surface area contributed by atoms with Crippen LogP contribution in [0.3, 0.4) is 0 Å². The van der Waals surface area contributed by atoms with Gasteiger partial charge in [0.05, 0.1) is 10.9 Å². The Hall–Kier alpha value is -2.51. The van der Waals surface area contributed by atoms with Crippen molar-refractivity contribution in [1.29, 1.82) is 0 Å². The van der Waals surface area contributed by atoms with Crippen molar-refractivity contribution in [3.05, 3.63) is 66.5 Å². The first-order valence-corrected chi connectivity index (χ1v) is 6.90. The standard InChI is InChI=1S/C14H8ClN3O3S/c15-8-1-2-9-10(3-8)21-6-7(13(9)20)5-16-11-4-12(19)18-14(22)17-11/h1-6H,(H2,17,18,19,22)/b16-5+. The molecule has 0 aliphatic rings. The van der Waals surface area contributed by atoms with Crippen molar-refractivity contribution in [2.75, 3.05) is 0 Å². The fraction of sp³-hybridized carbons (Fsp3) is 0. The maximum absolute atomic E-state index is 12.3. The highest BCUT2D eigenvalue weighted by molar-refractivity contribution is 7.71. The molecular weight excluding hydrogens is 326 g/mol. The molecule has 0 saturated heterocycles. The lowest BCUT2D eigenvalue weighted by Crippen LogP contribution is -2.08. The Kier molecular flexibility index (Phi) is 3.74. The van der Waals surface area contributed by atoms with Crippen LogP contribution in [0.25, 0.3) is 11.0 Å². The summed E-state index contributed by atoms with van der Waals surface area (Å²) >= 11 is 10.7. The molecule has 0 atom stereocenters. The van der Waals surface area contributed by atoms with Crippen LogP contribution in [-0.2, 0) is 0 Å². The number of hydrogen-bond acceptors (Lipinski definition) is 5. The van der Waals surface area contributed by atoms with Crippen LogP contribution in [-0.4, -0.2) is 16.2 Å². The SMILES string of the molecule is O=c1cc(/N=C/c2coc3cc(Cl)ccc3c2=O)[nH]c(=S)[nH]1. The molecule has 2 N–H and O–H groups in total. The number of aliphatic imine (C=N–C) groups is 1. The number of halogens is 1.